The average molecular weight is 342 g/mol. The van der Waals surface area contributed by atoms with Crippen LogP contribution in [-0.2, 0) is 0 Å². The second kappa shape index (κ2) is 6.92. The van der Waals surface area contributed by atoms with Crippen LogP contribution >= 0.6 is 15.9 Å². The van der Waals surface area contributed by atoms with Crippen molar-refractivity contribution in [1.29, 1.82) is 0 Å². The van der Waals surface area contributed by atoms with Crippen LogP contribution < -0.4 is 10.1 Å². The largest absolute Gasteiger partial charge is 0.493 e. The fraction of sp³-hybridized carbons (Fsp3) is 0.625. The highest BCUT2D eigenvalue weighted by Gasteiger charge is 2.28. The molecular weight excluding hydrogens is 318 g/mol. The fourth-order valence-corrected chi connectivity index (χ4v) is 3.08. The Morgan fingerprint density at radius 3 is 2.80 bits per heavy atom. The van der Waals surface area contributed by atoms with Crippen LogP contribution in [0.5, 0.6) is 5.75 Å². The number of nitrogens with one attached hydrogen (secondary N) is 1. The van der Waals surface area contributed by atoms with Gasteiger partial charge in [0.15, 0.2) is 0 Å². The Kier molecular flexibility index (Phi) is 5.47. The maximum absolute atomic E-state index is 9.67. The molecule has 0 aromatic heterocycles. The van der Waals surface area contributed by atoms with Gasteiger partial charge in [-0.3, -0.25) is 0 Å². The minimum atomic E-state index is -0.00944. The number of halogens is 1. The van der Waals surface area contributed by atoms with E-state index in [0.29, 0.717) is 6.04 Å². The van der Waals surface area contributed by atoms with Gasteiger partial charge in [-0.15, -0.1) is 0 Å². The average Bonchev–Trinajstić information content (AvgIpc) is 2.49. The van der Waals surface area contributed by atoms with Crippen LogP contribution in [0.2, 0.25) is 0 Å². The number of hydrogen-bond acceptors (Lipinski definition) is 3. The molecular formula is C16H24BrNO2. The van der Waals surface area contributed by atoms with E-state index in [1.54, 1.807) is 0 Å². The van der Waals surface area contributed by atoms with Gasteiger partial charge in [0.2, 0.25) is 0 Å². The fourth-order valence-electron chi connectivity index (χ4n) is 2.70. The van der Waals surface area contributed by atoms with Crippen LogP contribution in [0.25, 0.3) is 0 Å². The van der Waals surface area contributed by atoms with E-state index < -0.39 is 0 Å². The molecule has 0 fully saturated rings. The van der Waals surface area contributed by atoms with E-state index in [0.717, 1.165) is 42.6 Å². The van der Waals surface area contributed by atoms with Gasteiger partial charge in [0.25, 0.3) is 0 Å². The highest BCUT2D eigenvalue weighted by atomic mass is 79.9. The van der Waals surface area contributed by atoms with E-state index >= 15 is 0 Å². The maximum Gasteiger partial charge on any atom is 0.124 e. The predicted octanol–water partition coefficient (Wildman–Crippen LogP) is 3.66. The number of aliphatic hydroxyl groups is 1. The maximum atomic E-state index is 9.67. The summed E-state index contributed by atoms with van der Waals surface area (Å²) in [5.41, 5.74) is 1.20. The van der Waals surface area contributed by atoms with Crippen molar-refractivity contribution >= 4 is 15.9 Å². The van der Waals surface area contributed by atoms with Crippen molar-refractivity contribution in [2.75, 3.05) is 19.8 Å². The van der Waals surface area contributed by atoms with Crippen LogP contribution in [0.3, 0.4) is 0 Å². The Hall–Kier alpha value is -0.580. The first-order valence-corrected chi connectivity index (χ1v) is 8.20. The number of hydrogen-bond donors (Lipinski definition) is 2. The molecule has 3 nitrogen and oxygen atoms in total. The molecule has 20 heavy (non-hydrogen) atoms. The highest BCUT2D eigenvalue weighted by molar-refractivity contribution is 9.10. The first-order chi connectivity index (χ1) is 9.64. The van der Waals surface area contributed by atoms with Crippen molar-refractivity contribution in [3.05, 3.63) is 28.2 Å². The van der Waals surface area contributed by atoms with Crippen molar-refractivity contribution in [1.82, 2.24) is 5.32 Å². The standard InChI is InChI=1S/C16H24BrNO2/c1-3-16(4-2,11-19)10-18-14-7-8-20-15-6-5-12(17)9-13(14)15/h5-6,9,14,18-19H,3-4,7-8,10-11H2,1-2H3. The Morgan fingerprint density at radius 1 is 1.40 bits per heavy atom. The minimum Gasteiger partial charge on any atom is -0.493 e. The molecule has 1 heterocycles. The van der Waals surface area contributed by atoms with Crippen molar-refractivity contribution in [3.8, 4) is 5.75 Å². The van der Waals surface area contributed by atoms with Gasteiger partial charge in [-0.1, -0.05) is 29.8 Å². The van der Waals surface area contributed by atoms with E-state index in [9.17, 15) is 5.11 Å². The second-order valence-electron chi connectivity index (χ2n) is 5.62. The first kappa shape index (κ1) is 15.8. The summed E-state index contributed by atoms with van der Waals surface area (Å²) in [5, 5.41) is 13.3. The molecule has 0 amide bonds. The summed E-state index contributed by atoms with van der Waals surface area (Å²) in [7, 11) is 0. The zero-order chi connectivity index (χ0) is 14.6. The third-order valence-electron chi connectivity index (χ3n) is 4.57. The van der Waals surface area contributed by atoms with Gasteiger partial charge in [0, 0.05) is 41.1 Å². The lowest BCUT2D eigenvalue weighted by atomic mass is 9.82. The summed E-state index contributed by atoms with van der Waals surface area (Å²) in [6, 6.07) is 6.47. The zero-order valence-corrected chi connectivity index (χ0v) is 13.9. The lowest BCUT2D eigenvalue weighted by Crippen LogP contribution is -2.39. The van der Waals surface area contributed by atoms with E-state index in [1.807, 2.05) is 12.1 Å². The third kappa shape index (κ3) is 3.35. The van der Waals surface area contributed by atoms with E-state index in [1.165, 1.54) is 5.56 Å². The molecule has 0 spiro atoms. The molecule has 1 aliphatic rings. The highest BCUT2D eigenvalue weighted by Crippen LogP contribution is 2.35. The third-order valence-corrected chi connectivity index (χ3v) is 5.06. The van der Waals surface area contributed by atoms with Crippen molar-refractivity contribution in [2.45, 2.75) is 39.2 Å². The van der Waals surface area contributed by atoms with Gasteiger partial charge in [-0.2, -0.15) is 0 Å². The van der Waals surface area contributed by atoms with Gasteiger partial charge < -0.3 is 15.2 Å². The molecule has 1 unspecified atom stereocenters. The number of fused-ring (bicyclic) bond motifs is 1. The molecule has 112 valence electrons. The zero-order valence-electron chi connectivity index (χ0n) is 12.3. The summed E-state index contributed by atoms with van der Waals surface area (Å²) in [5.74, 6) is 0.972. The van der Waals surface area contributed by atoms with Gasteiger partial charge in [-0.05, 0) is 31.0 Å². The summed E-state index contributed by atoms with van der Waals surface area (Å²) >= 11 is 3.53. The summed E-state index contributed by atoms with van der Waals surface area (Å²) in [6.45, 7) is 6.12. The SMILES string of the molecule is CCC(CC)(CO)CNC1CCOc2ccc(Br)cc21. The molecule has 2 rings (SSSR count). The summed E-state index contributed by atoms with van der Waals surface area (Å²) < 4.78 is 6.79. The number of aliphatic hydroxyl groups excluding tert-OH is 1. The molecule has 1 aromatic rings. The number of rotatable bonds is 6. The first-order valence-electron chi connectivity index (χ1n) is 7.40. The molecule has 1 aliphatic heterocycles. The molecule has 0 aliphatic carbocycles. The minimum absolute atomic E-state index is 0.00944. The van der Waals surface area contributed by atoms with Crippen molar-refractivity contribution in [2.24, 2.45) is 5.41 Å². The van der Waals surface area contributed by atoms with Gasteiger partial charge in [-0.25, -0.2) is 0 Å². The molecule has 0 saturated heterocycles. The lowest BCUT2D eigenvalue weighted by Gasteiger charge is -2.34. The molecule has 0 bridgehead atoms. The van der Waals surface area contributed by atoms with Gasteiger partial charge in [0.05, 0.1) is 6.61 Å². The molecule has 1 aromatic carbocycles. The van der Waals surface area contributed by atoms with Crippen LogP contribution in [-0.4, -0.2) is 24.9 Å². The number of ether oxygens (including phenoxy) is 1. The summed E-state index contributed by atoms with van der Waals surface area (Å²) in [6.07, 6.45) is 2.95. The van der Waals surface area contributed by atoms with Crippen LogP contribution in [0.15, 0.2) is 22.7 Å². The van der Waals surface area contributed by atoms with Crippen LogP contribution in [0, 0.1) is 5.41 Å². The topological polar surface area (TPSA) is 41.5 Å². The van der Waals surface area contributed by atoms with Crippen molar-refractivity contribution < 1.29 is 9.84 Å². The van der Waals surface area contributed by atoms with Gasteiger partial charge in [0.1, 0.15) is 5.75 Å². The molecule has 1 atom stereocenters. The summed E-state index contributed by atoms with van der Waals surface area (Å²) in [4.78, 5) is 0. The molecule has 0 radical (unpaired) electrons. The Morgan fingerprint density at radius 2 is 2.15 bits per heavy atom. The normalized spacial score (nSPS) is 18.5. The van der Waals surface area contributed by atoms with E-state index in [2.05, 4.69) is 41.2 Å². The molecule has 2 N–H and O–H groups in total. The van der Waals surface area contributed by atoms with Crippen molar-refractivity contribution in [3.63, 3.8) is 0 Å². The predicted molar refractivity (Wildman–Crippen MR) is 85.1 cm³/mol. The van der Waals surface area contributed by atoms with Gasteiger partial charge >= 0.3 is 0 Å². The van der Waals surface area contributed by atoms with Crippen LogP contribution in [0.1, 0.15) is 44.7 Å². The molecule has 4 heteroatoms. The van der Waals surface area contributed by atoms with E-state index in [4.69, 9.17) is 4.74 Å². The molecule has 0 saturated carbocycles. The lowest BCUT2D eigenvalue weighted by molar-refractivity contribution is 0.106. The Bertz CT molecular complexity index is 438. The smallest absolute Gasteiger partial charge is 0.124 e. The van der Waals surface area contributed by atoms with Crippen LogP contribution in [0.4, 0.5) is 0 Å². The second-order valence-corrected chi connectivity index (χ2v) is 6.53. The number of benzene rings is 1. The quantitative estimate of drug-likeness (QED) is 0.829. The van der Waals surface area contributed by atoms with E-state index in [-0.39, 0.29) is 12.0 Å². The monoisotopic (exact) mass is 341 g/mol. The Labute approximate surface area is 129 Å². The Balaban J connectivity index is 2.10.